The van der Waals surface area contributed by atoms with Crippen LogP contribution in [0.1, 0.15) is 93.9 Å². The quantitative estimate of drug-likeness (QED) is 0.167. The Morgan fingerprint density at radius 1 is 0.903 bits per heavy atom. The molecule has 5 aliphatic rings. The lowest BCUT2D eigenvalue weighted by Gasteiger charge is -2.65. The number of carbonyl (C=O) groups excluding carboxylic acids is 5. The summed E-state index contributed by atoms with van der Waals surface area (Å²) in [5.41, 5.74) is 2.67. The molecule has 1 saturated carbocycles. The Morgan fingerprint density at radius 3 is 2.37 bits per heavy atom. The molecule has 4 aromatic rings. The van der Waals surface area contributed by atoms with Crippen LogP contribution in [-0.2, 0) is 16.1 Å². The highest BCUT2D eigenvalue weighted by Crippen LogP contribution is 2.59. The summed E-state index contributed by atoms with van der Waals surface area (Å²) in [4.78, 5) is 68.9. The zero-order valence-electron chi connectivity index (χ0n) is 33.9. The van der Waals surface area contributed by atoms with Gasteiger partial charge in [0, 0.05) is 65.6 Å². The summed E-state index contributed by atoms with van der Waals surface area (Å²) < 4.78 is 23.7. The van der Waals surface area contributed by atoms with Crippen LogP contribution in [0.5, 0.6) is 5.75 Å². The molecule has 5 heterocycles. The number of benzene rings is 3. The number of nitriles is 1. The van der Waals surface area contributed by atoms with E-state index in [1.165, 1.54) is 11.0 Å². The maximum absolute atomic E-state index is 15.7. The highest BCUT2D eigenvalue weighted by Gasteiger charge is 2.67. The van der Waals surface area contributed by atoms with Crippen molar-refractivity contribution >= 4 is 52.5 Å². The van der Waals surface area contributed by atoms with E-state index in [0.717, 1.165) is 22.1 Å². The van der Waals surface area contributed by atoms with E-state index in [2.05, 4.69) is 56.0 Å². The number of imide groups is 2. The number of fused-ring (bicyclic) bond motifs is 2. The summed E-state index contributed by atoms with van der Waals surface area (Å²) in [7, 11) is 0. The molecule has 1 N–H and O–H groups in total. The molecule has 1 aromatic heterocycles. The summed E-state index contributed by atoms with van der Waals surface area (Å²) in [5, 5.41) is 16.2. The van der Waals surface area contributed by atoms with Crippen molar-refractivity contribution in [1.29, 1.82) is 5.26 Å². The fraction of sp³-hybridized carbons (Fsp3) is 0.255. The van der Waals surface area contributed by atoms with Crippen LogP contribution >= 0.6 is 11.6 Å². The van der Waals surface area contributed by atoms with E-state index in [9.17, 15) is 29.2 Å². The van der Waals surface area contributed by atoms with Crippen molar-refractivity contribution in [3.05, 3.63) is 141 Å². The monoisotopic (exact) mass is 849 g/mol. The van der Waals surface area contributed by atoms with Gasteiger partial charge in [-0.3, -0.25) is 34.2 Å². The minimum atomic E-state index is -1.17. The number of anilines is 1. The molecule has 310 valence electrons. The molecule has 13 nitrogen and oxygen atoms in total. The van der Waals surface area contributed by atoms with Crippen molar-refractivity contribution in [2.75, 3.05) is 4.90 Å². The first-order valence-electron chi connectivity index (χ1n) is 19.8. The number of aromatic nitrogens is 2. The average Bonchev–Trinajstić information content (AvgIpc) is 3.82. The lowest BCUT2D eigenvalue weighted by molar-refractivity contribution is -0.199. The molecule has 2 fully saturated rings. The number of piperidine rings is 1. The molecule has 9 rings (SSSR count). The minimum Gasteiger partial charge on any atom is -0.489 e. The molecule has 0 spiro atoms. The van der Waals surface area contributed by atoms with Crippen molar-refractivity contribution in [1.82, 2.24) is 24.9 Å². The number of nitrogens with one attached hydrogen (secondary N) is 1. The molecule has 1 saturated heterocycles. The number of hydrogen-bond donors (Lipinski definition) is 1. The third-order valence-electron chi connectivity index (χ3n) is 12.2. The van der Waals surface area contributed by atoms with Crippen LogP contribution in [0.3, 0.4) is 0 Å². The van der Waals surface area contributed by atoms with Crippen LogP contribution in [0.2, 0.25) is 5.02 Å². The van der Waals surface area contributed by atoms with Crippen molar-refractivity contribution in [2.45, 2.75) is 65.3 Å². The number of rotatable bonds is 6. The Morgan fingerprint density at radius 2 is 1.65 bits per heavy atom. The Balaban J connectivity index is 0.900. The summed E-state index contributed by atoms with van der Waals surface area (Å²) in [6.07, 6.45) is 11.4. The van der Waals surface area contributed by atoms with Crippen LogP contribution in [0.25, 0.3) is 5.70 Å². The number of ether oxygens (including phenoxy) is 1. The van der Waals surface area contributed by atoms with E-state index in [-0.39, 0.29) is 47.7 Å². The summed E-state index contributed by atoms with van der Waals surface area (Å²) in [6, 6.07) is 13.6. The number of allylic oxidation sites excluding steroid dienone is 4. The summed E-state index contributed by atoms with van der Waals surface area (Å²) in [5.74, 6) is 3.30. The predicted octanol–water partition coefficient (Wildman–Crippen LogP) is 6.57. The van der Waals surface area contributed by atoms with Gasteiger partial charge in [-0.05, 0) is 66.6 Å². The minimum absolute atomic E-state index is 0.0145. The van der Waals surface area contributed by atoms with Gasteiger partial charge in [-0.1, -0.05) is 57.2 Å². The smallest absolute Gasteiger partial charge is 0.262 e. The Labute approximate surface area is 360 Å². The molecule has 0 radical (unpaired) electrons. The lowest BCUT2D eigenvalue weighted by atomic mass is 9.49. The van der Waals surface area contributed by atoms with E-state index >= 15 is 4.39 Å². The van der Waals surface area contributed by atoms with Crippen LogP contribution in [0, 0.1) is 39.8 Å². The van der Waals surface area contributed by atoms with Gasteiger partial charge in [0.05, 0.1) is 44.9 Å². The van der Waals surface area contributed by atoms with Crippen molar-refractivity contribution in [3.63, 3.8) is 0 Å². The highest BCUT2D eigenvalue weighted by molar-refractivity contribution is 6.31. The molecule has 15 heteroatoms. The maximum Gasteiger partial charge on any atom is 0.262 e. The molecule has 1 atom stereocenters. The molecular formula is C47H37ClFN7O6. The second-order valence-corrected chi connectivity index (χ2v) is 17.4. The molecular weight excluding hydrogens is 813 g/mol. The fourth-order valence-corrected chi connectivity index (χ4v) is 10.0. The highest BCUT2D eigenvalue weighted by atomic mass is 35.5. The first-order chi connectivity index (χ1) is 29.6. The van der Waals surface area contributed by atoms with Crippen molar-refractivity contribution in [3.8, 4) is 23.7 Å². The molecule has 1 aliphatic carbocycles. The largest absolute Gasteiger partial charge is 0.489 e. The third kappa shape index (κ3) is 6.55. The first kappa shape index (κ1) is 40.1. The number of carbonyl (C=O) groups is 5. The van der Waals surface area contributed by atoms with Crippen molar-refractivity contribution in [2.24, 2.45) is 10.8 Å². The topological polar surface area (TPSA) is 158 Å². The summed E-state index contributed by atoms with van der Waals surface area (Å²) in [6.45, 7) is 8.80. The standard InChI is InChI=1S/C47H37ClFN7O6/c1-46(2)44(47(3,4)45(46)62-31-12-11-28(21-50)35(48)18-31)54-24-29-17-26(10-13-32(29)41(54)59)8-9-27-22-51-55(23-27)30-7-5-6-16-53(25-30)38-20-34-33(19-36(38)49)42(60)56(43(34)61)37-14-15-39(57)52-40(37)58/h5-7,10-13,16-20,22-23,25,37,44-45H,14-15,24H2,1-4H3,(H,52,57,58)/t37?,44-,45-. The van der Waals surface area contributed by atoms with Crippen LogP contribution < -0.4 is 15.0 Å². The van der Waals surface area contributed by atoms with Crippen LogP contribution in [0.4, 0.5) is 10.1 Å². The van der Waals surface area contributed by atoms with Gasteiger partial charge in [0.2, 0.25) is 11.8 Å². The molecule has 0 bridgehead atoms. The zero-order valence-corrected chi connectivity index (χ0v) is 34.7. The molecule has 1 unspecified atom stereocenters. The van der Waals surface area contributed by atoms with Gasteiger partial charge in [0.25, 0.3) is 17.7 Å². The predicted molar refractivity (Wildman–Crippen MR) is 225 cm³/mol. The SMILES string of the molecule is CC1(C)[C@H](Oc2ccc(C#N)c(Cl)c2)C(C)(C)[C@H]1N1Cc2cc(C#Cc3cnn(C4=CN(c5cc6c(cc5F)C(=O)N(C5CCC(=O)NC5=O)C6=O)C=CC=C4)c3)ccc2C1=O. The Bertz CT molecular complexity index is 2880. The fourth-order valence-electron chi connectivity index (χ4n) is 9.80. The van der Waals surface area contributed by atoms with Gasteiger partial charge in [-0.2, -0.15) is 10.4 Å². The molecule has 5 amide bonds. The van der Waals surface area contributed by atoms with E-state index in [4.69, 9.17) is 16.3 Å². The maximum atomic E-state index is 15.7. The van der Waals surface area contributed by atoms with Crippen molar-refractivity contribution < 1.29 is 33.1 Å². The number of hydrogen-bond acceptors (Lipinski definition) is 9. The lowest BCUT2D eigenvalue weighted by Crippen LogP contribution is -2.74. The van der Waals surface area contributed by atoms with Crippen LogP contribution in [-0.4, -0.2) is 67.3 Å². The Kier molecular flexibility index (Phi) is 9.52. The van der Waals surface area contributed by atoms with Gasteiger partial charge in [0.15, 0.2) is 0 Å². The third-order valence-corrected chi connectivity index (χ3v) is 12.5. The second kappa shape index (κ2) is 14.7. The first-order valence-corrected chi connectivity index (χ1v) is 20.2. The molecule has 62 heavy (non-hydrogen) atoms. The van der Waals surface area contributed by atoms with E-state index in [1.807, 2.05) is 23.1 Å². The second-order valence-electron chi connectivity index (χ2n) is 17.0. The molecule has 4 aliphatic heterocycles. The van der Waals surface area contributed by atoms with E-state index in [0.29, 0.717) is 39.7 Å². The van der Waals surface area contributed by atoms with Gasteiger partial charge < -0.3 is 14.5 Å². The van der Waals surface area contributed by atoms with Crippen LogP contribution in [0.15, 0.2) is 91.6 Å². The van der Waals surface area contributed by atoms with Gasteiger partial charge in [-0.25, -0.2) is 9.07 Å². The Hall–Kier alpha value is -7.29. The normalized spacial score (nSPS) is 22.0. The average molecular weight is 850 g/mol. The number of nitrogens with zero attached hydrogens (tertiary/aromatic N) is 6. The van der Waals surface area contributed by atoms with Gasteiger partial charge in [-0.15, -0.1) is 0 Å². The number of halogens is 2. The van der Waals surface area contributed by atoms with Gasteiger partial charge in [0.1, 0.15) is 29.8 Å². The zero-order chi connectivity index (χ0) is 43.8. The van der Waals surface area contributed by atoms with E-state index < -0.39 is 46.3 Å². The number of amides is 5. The summed E-state index contributed by atoms with van der Waals surface area (Å²) >= 11 is 6.28. The van der Waals surface area contributed by atoms with Gasteiger partial charge >= 0.3 is 0 Å². The van der Waals surface area contributed by atoms with E-state index in [1.54, 1.807) is 65.9 Å². The molecule has 3 aromatic carbocycles.